The molecule has 1 saturated carbocycles. The second kappa shape index (κ2) is 8.14. The fourth-order valence-electron chi connectivity index (χ4n) is 5.77. The van der Waals surface area contributed by atoms with Crippen LogP contribution in [0.2, 0.25) is 0 Å². The molecule has 1 aliphatic heterocycles. The highest BCUT2D eigenvalue weighted by Crippen LogP contribution is 2.41. The van der Waals surface area contributed by atoms with E-state index in [9.17, 15) is 4.79 Å². The lowest BCUT2D eigenvalue weighted by Gasteiger charge is -2.36. The molecule has 1 N–H and O–H groups in total. The van der Waals surface area contributed by atoms with Crippen molar-refractivity contribution in [2.75, 3.05) is 13.1 Å². The molecule has 4 rings (SSSR count). The minimum atomic E-state index is 0.122. The quantitative estimate of drug-likeness (QED) is 0.737. The van der Waals surface area contributed by atoms with Gasteiger partial charge in [-0.15, -0.1) is 0 Å². The molecule has 3 aliphatic rings. The Morgan fingerprint density at radius 2 is 1.93 bits per heavy atom. The monoisotopic (exact) mass is 383 g/mol. The molecule has 2 aliphatic carbocycles. The second-order valence-corrected chi connectivity index (χ2v) is 9.98. The molecule has 154 valence electrons. The maximum atomic E-state index is 12.6. The third-order valence-corrected chi connectivity index (χ3v) is 7.53. The Morgan fingerprint density at radius 3 is 2.68 bits per heavy atom. The molecule has 0 spiro atoms. The summed E-state index contributed by atoms with van der Waals surface area (Å²) in [6, 6.07) is 0. The first-order valence-electron chi connectivity index (χ1n) is 11.5. The molecular weight excluding hydrogens is 346 g/mol. The third-order valence-electron chi connectivity index (χ3n) is 7.53. The average molecular weight is 384 g/mol. The Balaban J connectivity index is 1.47. The largest absolute Gasteiger partial charge is 0.310 e. The van der Waals surface area contributed by atoms with Crippen molar-refractivity contribution in [1.82, 2.24) is 14.9 Å². The van der Waals surface area contributed by atoms with Gasteiger partial charge in [0, 0.05) is 31.1 Å². The first kappa shape index (κ1) is 19.9. The minimum Gasteiger partial charge on any atom is -0.310 e. The van der Waals surface area contributed by atoms with Crippen LogP contribution in [0, 0.1) is 5.41 Å². The lowest BCUT2D eigenvalue weighted by atomic mass is 9.71. The molecule has 4 nitrogen and oxygen atoms in total. The number of aromatic amines is 1. The molecule has 0 bridgehead atoms. The van der Waals surface area contributed by atoms with Crippen LogP contribution in [0.4, 0.5) is 0 Å². The highest BCUT2D eigenvalue weighted by atomic mass is 16.1. The van der Waals surface area contributed by atoms with Crippen molar-refractivity contribution in [2.45, 2.75) is 97.4 Å². The van der Waals surface area contributed by atoms with E-state index in [2.05, 4.69) is 30.7 Å². The van der Waals surface area contributed by atoms with E-state index >= 15 is 0 Å². The maximum absolute atomic E-state index is 12.6. The van der Waals surface area contributed by atoms with E-state index in [-0.39, 0.29) is 5.56 Å². The number of nitrogens with zero attached hydrogens (tertiary/aromatic N) is 2. The number of allylic oxidation sites excluding steroid dienone is 1. The SMILES string of the molecule is CC1=C(CCN2CCc3c(nc(C4CCCCC4)[nH]c3=O)C2)C(C)(C)CCC1. The predicted octanol–water partition coefficient (Wildman–Crippen LogP) is 5.09. The van der Waals surface area contributed by atoms with E-state index in [1.807, 2.05) is 0 Å². The normalized spacial score (nSPS) is 23.7. The van der Waals surface area contributed by atoms with Gasteiger partial charge in [-0.25, -0.2) is 4.98 Å². The molecule has 1 fully saturated rings. The van der Waals surface area contributed by atoms with Crippen molar-refractivity contribution < 1.29 is 0 Å². The number of hydrogen-bond acceptors (Lipinski definition) is 3. The Kier molecular flexibility index (Phi) is 5.78. The number of fused-ring (bicyclic) bond motifs is 1. The van der Waals surface area contributed by atoms with Crippen LogP contribution in [0.25, 0.3) is 0 Å². The number of hydrogen-bond donors (Lipinski definition) is 1. The van der Waals surface area contributed by atoms with Gasteiger partial charge in [-0.3, -0.25) is 9.69 Å². The van der Waals surface area contributed by atoms with Crippen LogP contribution in [-0.4, -0.2) is 28.0 Å². The molecule has 0 atom stereocenters. The van der Waals surface area contributed by atoms with E-state index in [1.54, 1.807) is 11.1 Å². The van der Waals surface area contributed by atoms with Crippen molar-refractivity contribution in [3.8, 4) is 0 Å². The summed E-state index contributed by atoms with van der Waals surface area (Å²) in [6.45, 7) is 10.1. The van der Waals surface area contributed by atoms with E-state index in [0.29, 0.717) is 11.3 Å². The molecule has 0 aromatic carbocycles. The zero-order chi connectivity index (χ0) is 19.7. The summed E-state index contributed by atoms with van der Waals surface area (Å²) in [5.41, 5.74) is 5.74. The lowest BCUT2D eigenvalue weighted by Crippen LogP contribution is -2.37. The highest BCUT2D eigenvalue weighted by molar-refractivity contribution is 5.24. The Bertz CT molecular complexity index is 799. The summed E-state index contributed by atoms with van der Waals surface area (Å²) in [5, 5.41) is 0. The van der Waals surface area contributed by atoms with Gasteiger partial charge in [-0.05, 0) is 57.3 Å². The Morgan fingerprint density at radius 1 is 1.14 bits per heavy atom. The van der Waals surface area contributed by atoms with Crippen molar-refractivity contribution in [3.05, 3.63) is 38.6 Å². The van der Waals surface area contributed by atoms with Crippen LogP contribution >= 0.6 is 0 Å². The molecule has 0 saturated heterocycles. The smallest absolute Gasteiger partial charge is 0.254 e. The molecule has 1 aromatic heterocycles. The number of aromatic nitrogens is 2. The molecule has 4 heteroatoms. The van der Waals surface area contributed by atoms with Crippen LogP contribution in [0.15, 0.2) is 15.9 Å². The maximum Gasteiger partial charge on any atom is 0.254 e. The highest BCUT2D eigenvalue weighted by Gasteiger charge is 2.29. The van der Waals surface area contributed by atoms with Gasteiger partial charge < -0.3 is 4.98 Å². The van der Waals surface area contributed by atoms with Gasteiger partial charge in [0.1, 0.15) is 5.82 Å². The lowest BCUT2D eigenvalue weighted by molar-refractivity contribution is 0.239. The molecule has 0 unspecified atom stereocenters. The van der Waals surface area contributed by atoms with Crippen LogP contribution in [0.3, 0.4) is 0 Å². The topological polar surface area (TPSA) is 49.0 Å². The fraction of sp³-hybridized carbons (Fsp3) is 0.750. The summed E-state index contributed by atoms with van der Waals surface area (Å²) < 4.78 is 0. The number of rotatable bonds is 4. The van der Waals surface area contributed by atoms with Crippen molar-refractivity contribution in [1.29, 1.82) is 0 Å². The summed E-state index contributed by atoms with van der Waals surface area (Å²) >= 11 is 0. The molecular formula is C24H37N3O. The van der Waals surface area contributed by atoms with E-state index in [0.717, 1.165) is 49.6 Å². The van der Waals surface area contributed by atoms with Gasteiger partial charge in [-0.2, -0.15) is 0 Å². The van der Waals surface area contributed by atoms with E-state index in [4.69, 9.17) is 4.98 Å². The fourth-order valence-corrected chi connectivity index (χ4v) is 5.77. The Hall–Kier alpha value is -1.42. The van der Waals surface area contributed by atoms with Crippen LogP contribution in [0.1, 0.15) is 102 Å². The number of H-pyrrole nitrogens is 1. The van der Waals surface area contributed by atoms with Gasteiger partial charge in [0.15, 0.2) is 0 Å². The third kappa shape index (κ3) is 4.12. The molecule has 2 heterocycles. The minimum absolute atomic E-state index is 0.122. The van der Waals surface area contributed by atoms with E-state index < -0.39 is 0 Å². The summed E-state index contributed by atoms with van der Waals surface area (Å²) in [6.07, 6.45) is 12.1. The first-order chi connectivity index (χ1) is 13.4. The van der Waals surface area contributed by atoms with Gasteiger partial charge in [0.2, 0.25) is 0 Å². The molecule has 0 radical (unpaired) electrons. The Labute approximate surface area is 169 Å². The van der Waals surface area contributed by atoms with E-state index in [1.165, 1.54) is 51.4 Å². The van der Waals surface area contributed by atoms with Gasteiger partial charge >= 0.3 is 0 Å². The zero-order valence-electron chi connectivity index (χ0n) is 18.1. The van der Waals surface area contributed by atoms with Crippen LogP contribution in [-0.2, 0) is 13.0 Å². The predicted molar refractivity (Wildman–Crippen MR) is 115 cm³/mol. The molecule has 28 heavy (non-hydrogen) atoms. The molecule has 0 amide bonds. The first-order valence-corrected chi connectivity index (χ1v) is 11.5. The standard InChI is InChI=1S/C24H37N3O/c1-17-8-7-13-24(2,3)20(17)12-15-27-14-11-19-21(16-27)25-22(26-23(19)28)18-9-5-4-6-10-18/h18H,4-16H2,1-3H3,(H,25,26,28). The van der Waals surface area contributed by atoms with Gasteiger partial charge in [0.25, 0.3) is 5.56 Å². The summed E-state index contributed by atoms with van der Waals surface area (Å²) in [4.78, 5) is 23.3. The molecule has 1 aromatic rings. The average Bonchev–Trinajstić information content (AvgIpc) is 2.67. The zero-order valence-corrected chi connectivity index (χ0v) is 18.1. The van der Waals surface area contributed by atoms with Crippen molar-refractivity contribution in [2.24, 2.45) is 5.41 Å². The second-order valence-electron chi connectivity index (χ2n) is 9.98. The van der Waals surface area contributed by atoms with Crippen molar-refractivity contribution >= 4 is 0 Å². The summed E-state index contributed by atoms with van der Waals surface area (Å²) in [5.74, 6) is 1.41. The van der Waals surface area contributed by atoms with Crippen LogP contribution < -0.4 is 5.56 Å². The number of nitrogens with one attached hydrogen (secondary N) is 1. The van der Waals surface area contributed by atoms with Crippen LogP contribution in [0.5, 0.6) is 0 Å². The van der Waals surface area contributed by atoms with Crippen molar-refractivity contribution in [3.63, 3.8) is 0 Å². The summed E-state index contributed by atoms with van der Waals surface area (Å²) in [7, 11) is 0. The van der Waals surface area contributed by atoms with Gasteiger partial charge in [0.05, 0.1) is 5.69 Å². The van der Waals surface area contributed by atoms with Gasteiger partial charge in [-0.1, -0.05) is 44.3 Å².